The molecule has 0 aromatic carbocycles. The van der Waals surface area contributed by atoms with Crippen LogP contribution >= 0.6 is 0 Å². The maximum Gasteiger partial charge on any atom is 0.269 e. The van der Waals surface area contributed by atoms with Gasteiger partial charge < -0.3 is 4.98 Å². The van der Waals surface area contributed by atoms with Crippen molar-refractivity contribution < 1.29 is 9.59 Å². The van der Waals surface area contributed by atoms with Crippen molar-refractivity contribution in [2.75, 3.05) is 0 Å². The molecule has 110 valence electrons. The van der Waals surface area contributed by atoms with E-state index in [2.05, 4.69) is 30.6 Å². The lowest BCUT2D eigenvalue weighted by atomic mass is 10.1. The topological polar surface area (TPSA) is 117 Å². The molecule has 0 spiro atoms. The van der Waals surface area contributed by atoms with Crippen molar-refractivity contribution in [2.45, 2.75) is 12.8 Å². The van der Waals surface area contributed by atoms with Crippen LogP contribution in [0.25, 0.3) is 0 Å². The number of hydrogen-bond donors (Lipinski definition) is 2. The first kappa shape index (κ1) is 13.8. The summed E-state index contributed by atoms with van der Waals surface area (Å²) in [5, 5.41) is 12.4. The predicted octanol–water partition coefficient (Wildman–Crippen LogP) is 0.508. The number of rotatable bonds is 6. The van der Waals surface area contributed by atoms with Crippen LogP contribution in [0.1, 0.15) is 27.4 Å². The number of H-pyrrole nitrogens is 2. The maximum atomic E-state index is 11.9. The molecule has 3 heterocycles. The smallest absolute Gasteiger partial charge is 0.269 e. The van der Waals surface area contributed by atoms with Gasteiger partial charge in [-0.25, -0.2) is 0 Å². The highest BCUT2D eigenvalue weighted by molar-refractivity contribution is 6.43. The van der Waals surface area contributed by atoms with Gasteiger partial charge in [0.15, 0.2) is 0 Å². The van der Waals surface area contributed by atoms with Crippen LogP contribution in [0.15, 0.2) is 36.8 Å². The molecule has 0 unspecified atom stereocenters. The van der Waals surface area contributed by atoms with Crippen LogP contribution < -0.4 is 0 Å². The Bertz CT molecular complexity index is 779. The first-order valence-corrected chi connectivity index (χ1v) is 6.58. The third-order valence-corrected chi connectivity index (χ3v) is 3.11. The van der Waals surface area contributed by atoms with Gasteiger partial charge in [-0.1, -0.05) is 0 Å². The van der Waals surface area contributed by atoms with Gasteiger partial charge in [0.1, 0.15) is 0 Å². The van der Waals surface area contributed by atoms with Crippen LogP contribution in [0.4, 0.5) is 0 Å². The molecular formula is C14H12N6O2. The molecule has 0 aliphatic heterocycles. The molecule has 3 aromatic heterocycles. The zero-order chi connectivity index (χ0) is 15.4. The molecule has 3 rings (SSSR count). The van der Waals surface area contributed by atoms with Crippen molar-refractivity contribution in [1.82, 2.24) is 30.6 Å². The number of nitrogens with zero attached hydrogens (tertiary/aromatic N) is 4. The quantitative estimate of drug-likeness (QED) is 0.505. The van der Waals surface area contributed by atoms with E-state index in [4.69, 9.17) is 0 Å². The predicted molar refractivity (Wildman–Crippen MR) is 75.1 cm³/mol. The van der Waals surface area contributed by atoms with Crippen LogP contribution in [0.2, 0.25) is 0 Å². The molecule has 2 N–H and O–H groups in total. The highest BCUT2D eigenvalue weighted by Gasteiger charge is 2.21. The second kappa shape index (κ2) is 6.08. The Kier molecular flexibility index (Phi) is 3.82. The molecule has 0 amide bonds. The summed E-state index contributed by atoms with van der Waals surface area (Å²) in [6.07, 6.45) is 5.88. The minimum Gasteiger partial charge on any atom is -0.364 e. The Hall–Kier alpha value is -3.16. The van der Waals surface area contributed by atoms with Gasteiger partial charge >= 0.3 is 0 Å². The molecule has 0 aliphatic rings. The standard InChI is InChI=1S/C14H12N6O2/c21-12(13(22)14-17-19-20-18-14)7-10-6-11(16-8-10)5-9-1-3-15-4-2-9/h1-4,6,8,16H,5,7H2,(H,17,18,19,20). The van der Waals surface area contributed by atoms with E-state index < -0.39 is 11.6 Å². The fourth-order valence-electron chi connectivity index (χ4n) is 2.07. The van der Waals surface area contributed by atoms with E-state index in [1.165, 1.54) is 0 Å². The van der Waals surface area contributed by atoms with E-state index in [1.54, 1.807) is 18.6 Å². The van der Waals surface area contributed by atoms with Gasteiger partial charge in [-0.3, -0.25) is 14.6 Å². The summed E-state index contributed by atoms with van der Waals surface area (Å²) in [5.74, 6) is -1.53. The van der Waals surface area contributed by atoms with Crippen LogP contribution in [0.5, 0.6) is 0 Å². The van der Waals surface area contributed by atoms with Gasteiger partial charge in [-0.2, -0.15) is 5.21 Å². The fraction of sp³-hybridized carbons (Fsp3) is 0.143. The van der Waals surface area contributed by atoms with Gasteiger partial charge in [0.25, 0.3) is 5.78 Å². The number of carbonyl (C=O) groups is 2. The van der Waals surface area contributed by atoms with Crippen LogP contribution in [-0.2, 0) is 17.6 Å². The van der Waals surface area contributed by atoms with Crippen molar-refractivity contribution in [3.05, 3.63) is 59.4 Å². The average Bonchev–Trinajstić information content (AvgIpc) is 3.19. The largest absolute Gasteiger partial charge is 0.364 e. The number of aromatic amines is 2. The number of aromatic nitrogens is 6. The Labute approximate surface area is 125 Å². The monoisotopic (exact) mass is 296 g/mol. The zero-order valence-electron chi connectivity index (χ0n) is 11.5. The van der Waals surface area contributed by atoms with Crippen molar-refractivity contribution >= 4 is 11.6 Å². The van der Waals surface area contributed by atoms with Gasteiger partial charge in [-0.15, -0.1) is 10.2 Å². The lowest BCUT2D eigenvalue weighted by molar-refractivity contribution is -0.114. The highest BCUT2D eigenvalue weighted by Crippen LogP contribution is 2.11. The number of nitrogens with one attached hydrogen (secondary N) is 2. The molecule has 0 fully saturated rings. The van der Waals surface area contributed by atoms with E-state index in [9.17, 15) is 9.59 Å². The van der Waals surface area contributed by atoms with Crippen molar-refractivity contribution in [3.63, 3.8) is 0 Å². The molecule has 0 aliphatic carbocycles. The second-order valence-electron chi connectivity index (χ2n) is 4.73. The summed E-state index contributed by atoms with van der Waals surface area (Å²) in [7, 11) is 0. The van der Waals surface area contributed by atoms with E-state index in [-0.39, 0.29) is 12.2 Å². The van der Waals surface area contributed by atoms with Gasteiger partial charge in [-0.05, 0) is 34.5 Å². The first-order chi connectivity index (χ1) is 10.7. The number of hydrogen-bond acceptors (Lipinski definition) is 6. The zero-order valence-corrected chi connectivity index (χ0v) is 11.5. The maximum absolute atomic E-state index is 11.9. The molecule has 0 saturated heterocycles. The number of tetrazole rings is 1. The van der Waals surface area contributed by atoms with Gasteiger partial charge in [0.2, 0.25) is 11.6 Å². The molecule has 22 heavy (non-hydrogen) atoms. The van der Waals surface area contributed by atoms with E-state index in [0.29, 0.717) is 6.42 Å². The van der Waals surface area contributed by atoms with E-state index >= 15 is 0 Å². The van der Waals surface area contributed by atoms with Crippen molar-refractivity contribution in [2.24, 2.45) is 0 Å². The molecular weight excluding hydrogens is 284 g/mol. The second-order valence-corrected chi connectivity index (χ2v) is 4.73. The lowest BCUT2D eigenvalue weighted by Crippen LogP contribution is -2.18. The van der Waals surface area contributed by atoms with Crippen LogP contribution in [-0.4, -0.2) is 42.2 Å². The minimum absolute atomic E-state index is 0.000217. The molecule has 8 nitrogen and oxygen atoms in total. The van der Waals surface area contributed by atoms with E-state index in [1.807, 2.05) is 18.2 Å². The molecule has 8 heteroatoms. The Morgan fingerprint density at radius 2 is 1.95 bits per heavy atom. The summed E-state index contributed by atoms with van der Waals surface area (Å²) in [6.45, 7) is 0. The number of carbonyl (C=O) groups excluding carboxylic acids is 2. The summed E-state index contributed by atoms with van der Waals surface area (Å²) < 4.78 is 0. The van der Waals surface area contributed by atoms with Crippen molar-refractivity contribution in [3.8, 4) is 0 Å². The Morgan fingerprint density at radius 1 is 1.14 bits per heavy atom. The summed E-state index contributed by atoms with van der Waals surface area (Å²) in [4.78, 5) is 30.7. The summed E-state index contributed by atoms with van der Waals surface area (Å²) >= 11 is 0. The highest BCUT2D eigenvalue weighted by atomic mass is 16.2. The van der Waals surface area contributed by atoms with Crippen LogP contribution in [0, 0.1) is 0 Å². The lowest BCUT2D eigenvalue weighted by Gasteiger charge is -1.97. The molecule has 0 radical (unpaired) electrons. The third-order valence-electron chi connectivity index (χ3n) is 3.11. The molecule has 3 aromatic rings. The van der Waals surface area contributed by atoms with E-state index in [0.717, 1.165) is 16.8 Å². The number of pyridine rings is 1. The minimum atomic E-state index is -0.745. The number of ketones is 2. The third kappa shape index (κ3) is 3.11. The fourth-order valence-corrected chi connectivity index (χ4v) is 2.07. The summed E-state index contributed by atoms with van der Waals surface area (Å²) in [6, 6.07) is 5.71. The molecule has 0 bridgehead atoms. The molecule has 0 saturated carbocycles. The Morgan fingerprint density at radius 3 is 2.68 bits per heavy atom. The first-order valence-electron chi connectivity index (χ1n) is 6.58. The summed E-state index contributed by atoms with van der Waals surface area (Å²) in [5.41, 5.74) is 2.81. The normalized spacial score (nSPS) is 10.5. The van der Waals surface area contributed by atoms with Crippen LogP contribution in [0.3, 0.4) is 0 Å². The van der Waals surface area contributed by atoms with Crippen molar-refractivity contribution in [1.29, 1.82) is 0 Å². The average molecular weight is 296 g/mol. The number of Topliss-reactive ketones (excluding diaryl/α,β-unsaturated/α-hetero) is 2. The molecule has 0 atom stereocenters. The SMILES string of the molecule is O=C(Cc1c[nH]c(Cc2ccncc2)c1)C(=O)c1nn[nH]n1. The van der Waals surface area contributed by atoms with Gasteiger partial charge in [0.05, 0.1) is 0 Å². The van der Waals surface area contributed by atoms with Gasteiger partial charge in [0, 0.05) is 37.1 Å². The Balaban J connectivity index is 1.64.